The van der Waals surface area contributed by atoms with Gasteiger partial charge in [-0.2, -0.15) is 11.8 Å². The van der Waals surface area contributed by atoms with Gasteiger partial charge in [0.05, 0.1) is 6.61 Å². The van der Waals surface area contributed by atoms with Crippen LogP contribution in [-0.4, -0.2) is 36.7 Å². The van der Waals surface area contributed by atoms with E-state index >= 15 is 0 Å². The van der Waals surface area contributed by atoms with Crippen LogP contribution in [0, 0.1) is 0 Å². The van der Waals surface area contributed by atoms with E-state index < -0.39 is 18.1 Å². The van der Waals surface area contributed by atoms with Gasteiger partial charge in [0.2, 0.25) is 0 Å². The average Bonchev–Trinajstić information content (AvgIpc) is 2.61. The Labute approximate surface area is 148 Å². The monoisotopic (exact) mass is 353 g/mol. The van der Waals surface area contributed by atoms with Gasteiger partial charge in [-0.1, -0.05) is 50.1 Å². The van der Waals surface area contributed by atoms with Crippen molar-refractivity contribution >= 4 is 23.8 Å². The first-order chi connectivity index (χ1) is 11.7. The molecule has 0 aliphatic carbocycles. The van der Waals surface area contributed by atoms with Crippen LogP contribution in [0.3, 0.4) is 0 Å². The number of ether oxygens (including phenoxy) is 2. The van der Waals surface area contributed by atoms with Gasteiger partial charge in [0.25, 0.3) is 0 Å². The fraction of sp³-hybridized carbons (Fsp3) is 0.556. The number of rotatable bonds is 11. The van der Waals surface area contributed by atoms with Crippen molar-refractivity contribution in [2.24, 2.45) is 0 Å². The first-order valence-corrected chi connectivity index (χ1v) is 9.69. The highest BCUT2D eigenvalue weighted by molar-refractivity contribution is 7.98. The number of hydrogen-bond acceptors (Lipinski definition) is 5. The maximum atomic E-state index is 12.1. The van der Waals surface area contributed by atoms with Crippen LogP contribution in [-0.2, 0) is 20.9 Å². The number of amides is 1. The summed E-state index contributed by atoms with van der Waals surface area (Å²) in [7, 11) is 0. The van der Waals surface area contributed by atoms with Crippen molar-refractivity contribution in [2.75, 3.05) is 18.6 Å². The van der Waals surface area contributed by atoms with Crippen molar-refractivity contribution in [1.29, 1.82) is 0 Å². The predicted octanol–water partition coefficient (Wildman–Crippen LogP) is 3.77. The van der Waals surface area contributed by atoms with Crippen LogP contribution >= 0.6 is 11.8 Å². The minimum absolute atomic E-state index is 0.174. The van der Waals surface area contributed by atoms with Crippen LogP contribution in [0.5, 0.6) is 0 Å². The first kappa shape index (κ1) is 20.4. The van der Waals surface area contributed by atoms with Crippen molar-refractivity contribution in [1.82, 2.24) is 5.32 Å². The summed E-state index contributed by atoms with van der Waals surface area (Å²) in [5, 5.41) is 2.61. The molecule has 0 radical (unpaired) electrons. The number of carbonyl (C=O) groups excluding carboxylic acids is 2. The number of thioether (sulfide) groups is 1. The molecule has 0 heterocycles. The van der Waals surface area contributed by atoms with Gasteiger partial charge in [0.15, 0.2) is 0 Å². The number of alkyl carbamates (subject to hydrolysis) is 1. The van der Waals surface area contributed by atoms with Crippen LogP contribution in [0.15, 0.2) is 30.3 Å². The van der Waals surface area contributed by atoms with E-state index in [4.69, 9.17) is 9.47 Å². The Morgan fingerprint density at radius 1 is 1.17 bits per heavy atom. The second kappa shape index (κ2) is 12.7. The normalized spacial score (nSPS) is 11.6. The predicted molar refractivity (Wildman–Crippen MR) is 97.0 cm³/mol. The van der Waals surface area contributed by atoms with Crippen molar-refractivity contribution in [3.8, 4) is 0 Å². The number of hydrogen-bond donors (Lipinski definition) is 1. The maximum absolute atomic E-state index is 12.1. The molecule has 0 fully saturated rings. The lowest BCUT2D eigenvalue weighted by Gasteiger charge is -2.17. The molecule has 1 atom stereocenters. The topological polar surface area (TPSA) is 64.6 Å². The van der Waals surface area contributed by atoms with Gasteiger partial charge in [-0.25, -0.2) is 9.59 Å². The third-order valence-corrected chi connectivity index (χ3v) is 4.04. The number of esters is 1. The average molecular weight is 353 g/mol. The fourth-order valence-corrected chi connectivity index (χ4v) is 2.49. The second-order valence-electron chi connectivity index (χ2n) is 5.41. The highest BCUT2D eigenvalue weighted by Gasteiger charge is 2.22. The quantitative estimate of drug-likeness (QED) is 0.485. The molecule has 0 aliphatic rings. The van der Waals surface area contributed by atoms with E-state index in [0.29, 0.717) is 13.0 Å². The van der Waals surface area contributed by atoms with E-state index in [1.165, 1.54) is 0 Å². The first-order valence-electron chi connectivity index (χ1n) is 8.30. The molecule has 1 amide bonds. The molecule has 24 heavy (non-hydrogen) atoms. The third kappa shape index (κ3) is 8.82. The Hall–Kier alpha value is -1.69. The molecule has 1 aromatic rings. The van der Waals surface area contributed by atoms with Gasteiger partial charge in [-0.3, -0.25) is 0 Å². The van der Waals surface area contributed by atoms with Crippen LogP contribution in [0.2, 0.25) is 0 Å². The lowest BCUT2D eigenvalue weighted by atomic mass is 10.2. The summed E-state index contributed by atoms with van der Waals surface area (Å²) in [6.45, 7) is 2.66. The fourth-order valence-electron chi connectivity index (χ4n) is 2.02. The van der Waals surface area contributed by atoms with Crippen molar-refractivity contribution in [3.05, 3.63) is 35.9 Å². The zero-order valence-electron chi connectivity index (χ0n) is 14.5. The molecule has 134 valence electrons. The molecular formula is C18H27NO4S. The molecule has 1 unspecified atom stereocenters. The van der Waals surface area contributed by atoms with Crippen molar-refractivity contribution < 1.29 is 19.1 Å². The van der Waals surface area contributed by atoms with E-state index in [-0.39, 0.29) is 6.61 Å². The standard InChI is InChI=1S/C18H27NO4S/c1-3-4-8-12-22-17(20)16(11-13-24-2)19-18(21)23-14-15-9-6-5-7-10-15/h5-7,9-10,16H,3-4,8,11-14H2,1-2H3,(H,19,21). The molecule has 0 saturated carbocycles. The van der Waals surface area contributed by atoms with E-state index in [2.05, 4.69) is 12.2 Å². The molecule has 1 aromatic carbocycles. The van der Waals surface area contributed by atoms with Crippen LogP contribution in [0.25, 0.3) is 0 Å². The highest BCUT2D eigenvalue weighted by Crippen LogP contribution is 2.06. The summed E-state index contributed by atoms with van der Waals surface area (Å²) >= 11 is 1.62. The van der Waals surface area contributed by atoms with Crippen LogP contribution in [0.1, 0.15) is 38.2 Å². The van der Waals surface area contributed by atoms with E-state index in [1.807, 2.05) is 36.6 Å². The molecule has 6 heteroatoms. The maximum Gasteiger partial charge on any atom is 0.408 e. The molecule has 0 spiro atoms. The molecule has 5 nitrogen and oxygen atoms in total. The third-order valence-electron chi connectivity index (χ3n) is 3.39. The minimum Gasteiger partial charge on any atom is -0.464 e. The summed E-state index contributed by atoms with van der Waals surface area (Å²) in [4.78, 5) is 24.0. The van der Waals surface area contributed by atoms with Gasteiger partial charge >= 0.3 is 12.1 Å². The minimum atomic E-state index is -0.664. The summed E-state index contributed by atoms with van der Waals surface area (Å²) in [6, 6.07) is 8.75. The number of nitrogens with one attached hydrogen (secondary N) is 1. The smallest absolute Gasteiger partial charge is 0.408 e. The lowest BCUT2D eigenvalue weighted by Crippen LogP contribution is -2.42. The number of benzene rings is 1. The van der Waals surface area contributed by atoms with Crippen molar-refractivity contribution in [3.63, 3.8) is 0 Å². The summed E-state index contributed by atoms with van der Waals surface area (Å²) in [5.41, 5.74) is 0.899. The van der Waals surface area contributed by atoms with Crippen LogP contribution in [0.4, 0.5) is 4.79 Å². The van der Waals surface area contributed by atoms with Gasteiger partial charge in [0, 0.05) is 0 Å². The molecular weight excluding hydrogens is 326 g/mol. The van der Waals surface area contributed by atoms with E-state index in [1.54, 1.807) is 11.8 Å². The summed E-state index contributed by atoms with van der Waals surface area (Å²) in [6.07, 6.45) is 4.81. The second-order valence-corrected chi connectivity index (χ2v) is 6.40. The largest absolute Gasteiger partial charge is 0.464 e. The Morgan fingerprint density at radius 3 is 2.58 bits per heavy atom. The molecule has 0 bridgehead atoms. The van der Waals surface area contributed by atoms with Crippen LogP contribution < -0.4 is 5.32 Å². The number of carbonyl (C=O) groups is 2. The molecule has 1 rings (SSSR count). The number of unbranched alkanes of at least 4 members (excludes halogenated alkanes) is 2. The summed E-state index contributed by atoms with van der Waals surface area (Å²) in [5.74, 6) is 0.366. The van der Waals surface area contributed by atoms with E-state index in [9.17, 15) is 9.59 Å². The van der Waals surface area contributed by atoms with Gasteiger partial charge in [-0.15, -0.1) is 0 Å². The Bertz CT molecular complexity index is 481. The van der Waals surface area contributed by atoms with Gasteiger partial charge in [0.1, 0.15) is 12.6 Å². The molecule has 1 N–H and O–H groups in total. The zero-order valence-corrected chi connectivity index (χ0v) is 15.3. The molecule has 0 saturated heterocycles. The van der Waals surface area contributed by atoms with E-state index in [0.717, 1.165) is 30.6 Å². The zero-order chi connectivity index (χ0) is 17.6. The summed E-state index contributed by atoms with van der Waals surface area (Å²) < 4.78 is 10.4. The highest BCUT2D eigenvalue weighted by atomic mass is 32.2. The Kier molecular flexibility index (Phi) is 10.8. The molecule has 0 aliphatic heterocycles. The SMILES string of the molecule is CCCCCOC(=O)C(CCSC)NC(=O)OCc1ccccc1. The Balaban J connectivity index is 2.42. The Morgan fingerprint density at radius 2 is 1.92 bits per heavy atom. The van der Waals surface area contributed by atoms with Gasteiger partial charge in [-0.05, 0) is 30.4 Å². The van der Waals surface area contributed by atoms with Crippen molar-refractivity contribution in [2.45, 2.75) is 45.3 Å². The lowest BCUT2D eigenvalue weighted by molar-refractivity contribution is -0.146. The van der Waals surface area contributed by atoms with Gasteiger partial charge < -0.3 is 14.8 Å². The molecule has 0 aromatic heterocycles.